The number of alkyl halides is 3. The lowest BCUT2D eigenvalue weighted by molar-refractivity contribution is -0.274. The molecule has 1 fully saturated rings. The molecule has 2 amide bonds. The van der Waals surface area contributed by atoms with Gasteiger partial charge in [-0.3, -0.25) is 10.1 Å². The number of urea groups is 1. The van der Waals surface area contributed by atoms with Crippen molar-refractivity contribution in [1.29, 1.82) is 0 Å². The molecule has 1 aromatic carbocycles. The van der Waals surface area contributed by atoms with Crippen LogP contribution in [0.4, 0.5) is 28.7 Å². The quantitative estimate of drug-likeness (QED) is 0.322. The van der Waals surface area contributed by atoms with Gasteiger partial charge < -0.3 is 19.3 Å². The van der Waals surface area contributed by atoms with Gasteiger partial charge in [-0.2, -0.15) is 5.17 Å². The summed E-state index contributed by atoms with van der Waals surface area (Å²) in [6, 6.07) is 4.93. The fourth-order valence-corrected chi connectivity index (χ4v) is 5.97. The van der Waals surface area contributed by atoms with E-state index in [1.807, 2.05) is 13.8 Å². The largest absolute Gasteiger partial charge is 0.573 e. The Hall–Kier alpha value is -2.58. The second kappa shape index (κ2) is 12.3. The SMILES string of the molecule is CC(C)CC(O)c1c(-c2cccc(OC(F)(F)F)c2)sc2c1N(O)N(CCCOC1CCCCO1)C(=O)N2C. The van der Waals surface area contributed by atoms with Crippen LogP contribution in [0.2, 0.25) is 0 Å². The highest BCUT2D eigenvalue weighted by atomic mass is 32.1. The molecule has 39 heavy (non-hydrogen) atoms. The highest BCUT2D eigenvalue weighted by Gasteiger charge is 2.40. The number of thiophene rings is 1. The maximum Gasteiger partial charge on any atom is 0.573 e. The van der Waals surface area contributed by atoms with Crippen LogP contribution in [0.15, 0.2) is 24.3 Å². The Balaban J connectivity index is 1.64. The normalized spacial score (nSPS) is 19.1. The number of benzene rings is 1. The Morgan fingerprint density at radius 3 is 2.69 bits per heavy atom. The summed E-state index contributed by atoms with van der Waals surface area (Å²) in [5.41, 5.74) is 0.895. The molecule has 0 spiro atoms. The fraction of sp³-hybridized carbons (Fsp3) is 0.577. The number of anilines is 2. The van der Waals surface area contributed by atoms with Crippen molar-refractivity contribution in [3.05, 3.63) is 29.8 Å². The molecule has 2 aliphatic rings. The van der Waals surface area contributed by atoms with Crippen LogP contribution in [0.1, 0.15) is 57.6 Å². The number of aliphatic hydroxyl groups excluding tert-OH is 1. The molecule has 1 saturated heterocycles. The van der Waals surface area contributed by atoms with Gasteiger partial charge in [-0.1, -0.05) is 26.0 Å². The minimum Gasteiger partial charge on any atom is -0.406 e. The summed E-state index contributed by atoms with van der Waals surface area (Å²) < 4.78 is 54.0. The van der Waals surface area contributed by atoms with Crippen LogP contribution in [-0.4, -0.2) is 60.8 Å². The third-order valence-electron chi connectivity index (χ3n) is 6.46. The molecule has 0 saturated carbocycles. The molecule has 0 radical (unpaired) electrons. The van der Waals surface area contributed by atoms with Gasteiger partial charge in [-0.05, 0) is 55.7 Å². The number of hydrogen-bond donors (Lipinski definition) is 2. The molecule has 2 atom stereocenters. The molecule has 4 rings (SSSR count). The van der Waals surface area contributed by atoms with Crippen molar-refractivity contribution in [3.63, 3.8) is 0 Å². The van der Waals surface area contributed by atoms with Gasteiger partial charge in [0.15, 0.2) is 6.29 Å². The van der Waals surface area contributed by atoms with E-state index in [2.05, 4.69) is 4.74 Å². The van der Waals surface area contributed by atoms with E-state index in [-0.39, 0.29) is 24.4 Å². The molecular formula is C26H34F3N3O6S. The standard InChI is InChI=1S/C26H34F3N3O6S/c1-16(2)14-19(33)21-22-24(39-23(21)17-8-6-9-18(15-17)38-26(27,28)29)30(3)25(34)31(32(22)35)11-7-13-37-20-10-4-5-12-36-20/h6,8-9,15-16,19-20,33,35H,4-5,7,10-14H2,1-3H3. The maximum atomic E-state index is 13.2. The zero-order chi connectivity index (χ0) is 28.3. The average Bonchev–Trinajstić information content (AvgIpc) is 3.28. The van der Waals surface area contributed by atoms with Crippen LogP contribution in [0, 0.1) is 5.92 Å². The highest BCUT2D eigenvalue weighted by Crippen LogP contribution is 2.53. The van der Waals surface area contributed by atoms with E-state index >= 15 is 0 Å². The maximum absolute atomic E-state index is 13.2. The summed E-state index contributed by atoms with van der Waals surface area (Å²) in [5, 5.41) is 24.8. The number of hydrogen-bond acceptors (Lipinski definition) is 8. The second-order valence-electron chi connectivity index (χ2n) is 9.99. The average molecular weight is 574 g/mol. The Morgan fingerprint density at radius 1 is 1.26 bits per heavy atom. The van der Waals surface area contributed by atoms with Crippen LogP contribution in [0.3, 0.4) is 0 Å². The highest BCUT2D eigenvalue weighted by molar-refractivity contribution is 7.20. The van der Waals surface area contributed by atoms with Gasteiger partial charge >= 0.3 is 12.4 Å². The monoisotopic (exact) mass is 573 g/mol. The Morgan fingerprint density at radius 2 is 2.03 bits per heavy atom. The van der Waals surface area contributed by atoms with Crippen LogP contribution in [0.5, 0.6) is 5.75 Å². The number of fused-ring (bicyclic) bond motifs is 1. The number of rotatable bonds is 10. The van der Waals surface area contributed by atoms with Crippen molar-refractivity contribution in [2.24, 2.45) is 5.92 Å². The molecule has 2 aliphatic heterocycles. The molecule has 3 heterocycles. The summed E-state index contributed by atoms with van der Waals surface area (Å²) in [7, 11) is 1.55. The van der Waals surface area contributed by atoms with Gasteiger partial charge in [0.05, 0.1) is 12.7 Å². The number of ether oxygens (including phenoxy) is 3. The van der Waals surface area contributed by atoms with Crippen molar-refractivity contribution < 1.29 is 42.5 Å². The number of amides is 2. The van der Waals surface area contributed by atoms with Crippen LogP contribution >= 0.6 is 11.3 Å². The Kier molecular flexibility index (Phi) is 9.27. The lowest BCUT2D eigenvalue weighted by atomic mass is 9.96. The van der Waals surface area contributed by atoms with Crippen LogP contribution in [-0.2, 0) is 9.47 Å². The van der Waals surface area contributed by atoms with Gasteiger partial charge in [0.25, 0.3) is 0 Å². The van der Waals surface area contributed by atoms with E-state index in [9.17, 15) is 28.3 Å². The summed E-state index contributed by atoms with van der Waals surface area (Å²) in [4.78, 5) is 15.0. The van der Waals surface area contributed by atoms with Gasteiger partial charge in [-0.15, -0.1) is 24.5 Å². The predicted octanol–water partition coefficient (Wildman–Crippen LogP) is 6.31. The molecule has 0 aliphatic carbocycles. The number of nitrogens with zero attached hydrogens (tertiary/aromatic N) is 3. The summed E-state index contributed by atoms with van der Waals surface area (Å²) in [6.45, 7) is 4.96. The number of carbonyl (C=O) groups excluding carboxylic acids is 1. The first-order valence-electron chi connectivity index (χ1n) is 12.9. The van der Waals surface area contributed by atoms with E-state index in [0.29, 0.717) is 47.1 Å². The first kappa shape index (κ1) is 29.4. The third kappa shape index (κ3) is 6.95. The van der Waals surface area contributed by atoms with Crippen molar-refractivity contribution in [1.82, 2.24) is 5.01 Å². The van der Waals surface area contributed by atoms with Crippen molar-refractivity contribution in [2.75, 3.05) is 36.9 Å². The first-order chi connectivity index (χ1) is 18.5. The van der Waals surface area contributed by atoms with Gasteiger partial charge in [-0.25, -0.2) is 9.80 Å². The zero-order valence-corrected chi connectivity index (χ0v) is 22.9. The molecule has 2 aromatic rings. The molecule has 216 valence electrons. The van der Waals surface area contributed by atoms with Crippen molar-refractivity contribution >= 4 is 28.1 Å². The zero-order valence-electron chi connectivity index (χ0n) is 22.1. The lowest BCUT2D eigenvalue weighted by Gasteiger charge is -2.39. The van der Waals surface area contributed by atoms with E-state index in [0.717, 1.165) is 40.8 Å². The first-order valence-corrected chi connectivity index (χ1v) is 13.8. The smallest absolute Gasteiger partial charge is 0.406 e. The fourth-order valence-electron chi connectivity index (χ4n) is 4.69. The molecule has 0 bridgehead atoms. The lowest BCUT2D eigenvalue weighted by Crippen LogP contribution is -2.54. The van der Waals surface area contributed by atoms with Crippen LogP contribution < -0.4 is 14.8 Å². The molecule has 2 unspecified atom stereocenters. The van der Waals surface area contributed by atoms with E-state index < -0.39 is 24.2 Å². The summed E-state index contributed by atoms with van der Waals surface area (Å²) in [5.74, 6) is -0.335. The summed E-state index contributed by atoms with van der Waals surface area (Å²) >= 11 is 1.10. The third-order valence-corrected chi connectivity index (χ3v) is 7.78. The van der Waals surface area contributed by atoms with Gasteiger partial charge in [0.1, 0.15) is 16.4 Å². The molecule has 9 nitrogen and oxygen atoms in total. The number of carbonyl (C=O) groups is 1. The summed E-state index contributed by atoms with van der Waals surface area (Å²) in [6.07, 6.45) is -2.61. The number of aliphatic hydroxyl groups is 1. The topological polar surface area (TPSA) is 94.9 Å². The van der Waals surface area contributed by atoms with Crippen molar-refractivity contribution in [3.8, 4) is 16.2 Å². The predicted molar refractivity (Wildman–Crippen MR) is 140 cm³/mol. The molecule has 1 aromatic heterocycles. The van der Waals surface area contributed by atoms with Gasteiger partial charge in [0.2, 0.25) is 0 Å². The van der Waals surface area contributed by atoms with E-state index in [4.69, 9.17) is 9.47 Å². The molecule has 13 heteroatoms. The number of hydrazine groups is 1. The minimum absolute atomic E-state index is 0.0775. The van der Waals surface area contributed by atoms with Crippen molar-refractivity contribution in [2.45, 2.75) is 64.7 Å². The number of halogens is 3. The molecular weight excluding hydrogens is 539 g/mol. The Bertz CT molecular complexity index is 1140. The van der Waals surface area contributed by atoms with E-state index in [1.165, 1.54) is 23.1 Å². The van der Waals surface area contributed by atoms with Gasteiger partial charge in [0, 0.05) is 30.6 Å². The Labute approximate surface area is 229 Å². The van der Waals surface area contributed by atoms with E-state index in [1.54, 1.807) is 13.1 Å². The minimum atomic E-state index is -4.87. The molecule has 2 N–H and O–H groups in total. The second-order valence-corrected chi connectivity index (χ2v) is 11.0. The van der Waals surface area contributed by atoms with Crippen LogP contribution in [0.25, 0.3) is 10.4 Å².